The first kappa shape index (κ1) is 33.1. The summed E-state index contributed by atoms with van der Waals surface area (Å²) in [6.45, 7) is 4.06. The van der Waals surface area contributed by atoms with Gasteiger partial charge in [-0.25, -0.2) is 15.0 Å². The fraction of sp³-hybridized carbons (Fsp3) is 0.484. The number of pyridine rings is 1. The smallest absolute Gasteiger partial charge is 0.416 e. The molecule has 4 rings (SSSR count). The molecule has 2 heterocycles. The molecule has 9 nitrogen and oxygen atoms in total. The van der Waals surface area contributed by atoms with Crippen molar-refractivity contribution in [2.75, 3.05) is 48.6 Å². The number of alkyl halides is 3. The van der Waals surface area contributed by atoms with Crippen molar-refractivity contribution in [3.05, 3.63) is 65.1 Å². The van der Waals surface area contributed by atoms with E-state index >= 15 is 0 Å². The van der Waals surface area contributed by atoms with Gasteiger partial charge in [0.1, 0.15) is 12.4 Å². The Labute approximate surface area is 259 Å². The molecule has 0 saturated heterocycles. The molecule has 1 aliphatic carbocycles. The van der Waals surface area contributed by atoms with Crippen LogP contribution in [0.3, 0.4) is 0 Å². The number of benzene rings is 1. The molecule has 13 heteroatoms. The second-order valence-corrected chi connectivity index (χ2v) is 12.3. The Morgan fingerprint density at radius 1 is 1.09 bits per heavy atom. The van der Waals surface area contributed by atoms with Crippen molar-refractivity contribution < 1.29 is 27.2 Å². The van der Waals surface area contributed by atoms with E-state index in [0.29, 0.717) is 29.0 Å². The number of halogens is 3. The molecule has 1 saturated carbocycles. The van der Waals surface area contributed by atoms with Crippen LogP contribution in [0, 0.1) is 17.2 Å². The van der Waals surface area contributed by atoms with Crippen molar-refractivity contribution in [1.82, 2.24) is 15.0 Å². The lowest BCUT2D eigenvalue weighted by atomic mass is 10.0. The number of hydrogen-bond donors (Lipinski definition) is 0. The molecular weight excluding hydrogens is 593 g/mol. The highest BCUT2D eigenvalue weighted by Crippen LogP contribution is 2.33. The molecule has 236 valence electrons. The Hall–Kier alpha value is -3.76. The first-order valence-corrected chi connectivity index (χ1v) is 16.2. The van der Waals surface area contributed by atoms with Gasteiger partial charge in [0.25, 0.3) is 0 Å². The van der Waals surface area contributed by atoms with E-state index in [0.717, 1.165) is 30.9 Å². The summed E-state index contributed by atoms with van der Waals surface area (Å²) in [7, 11) is 1.53. The second-order valence-electron chi connectivity index (χ2n) is 10.7. The molecule has 0 aliphatic heterocycles. The van der Waals surface area contributed by atoms with Crippen molar-refractivity contribution in [2.45, 2.75) is 51.9 Å². The maximum Gasteiger partial charge on any atom is 0.416 e. The molecule has 1 atom stereocenters. The summed E-state index contributed by atoms with van der Waals surface area (Å²) in [4.78, 5) is 17.7. The van der Waals surface area contributed by atoms with E-state index in [1.165, 1.54) is 51.3 Å². The van der Waals surface area contributed by atoms with Crippen LogP contribution in [0.1, 0.15) is 55.0 Å². The lowest BCUT2D eigenvalue weighted by molar-refractivity contribution is -0.137. The molecule has 0 spiro atoms. The molecule has 44 heavy (non-hydrogen) atoms. The van der Waals surface area contributed by atoms with Crippen LogP contribution in [0.15, 0.2) is 42.7 Å². The third-order valence-electron chi connectivity index (χ3n) is 7.51. The van der Waals surface area contributed by atoms with Gasteiger partial charge in [-0.2, -0.15) is 18.4 Å². The molecule has 1 aliphatic rings. The number of hydrogen-bond acceptors (Lipinski definition) is 9. The third kappa shape index (κ3) is 9.12. The van der Waals surface area contributed by atoms with Crippen molar-refractivity contribution in [1.29, 1.82) is 5.26 Å². The summed E-state index contributed by atoms with van der Waals surface area (Å²) in [5.74, 6) is 1.95. The van der Waals surface area contributed by atoms with E-state index in [9.17, 15) is 23.0 Å². The predicted octanol–water partition coefficient (Wildman–Crippen LogP) is 5.75. The minimum absolute atomic E-state index is 0.0271. The number of anilines is 2. The third-order valence-corrected chi connectivity index (χ3v) is 8.25. The fourth-order valence-electron chi connectivity index (χ4n) is 5.33. The second kappa shape index (κ2) is 15.3. The standard InChI is InChI=1S/C31H37F3N6O3S/c1-4-39(19-22-7-5-6-8-22)28-9-10-29(42-2)38-27(28)21-40(30-36-17-26(18-37-30)43-11-12-44(3)41)20-24-13-23(16-35)14-25(15-24)31(32,33)34/h9-10,13-15,17-18,22H,4-8,11-12,19-21H2,1-3H3. The lowest BCUT2D eigenvalue weighted by Crippen LogP contribution is -2.31. The van der Waals surface area contributed by atoms with Gasteiger partial charge in [-0.3, -0.25) is 0 Å². The number of methoxy groups -OCH3 is 1. The number of rotatable bonds is 14. The maximum atomic E-state index is 13.7. The summed E-state index contributed by atoms with van der Waals surface area (Å²) in [5.41, 5.74) is 0.832. The van der Waals surface area contributed by atoms with E-state index in [1.807, 2.05) is 12.1 Å². The largest absolute Gasteiger partial charge is 0.616 e. The Balaban J connectivity index is 1.71. The van der Waals surface area contributed by atoms with Crippen LogP contribution in [0.25, 0.3) is 0 Å². The summed E-state index contributed by atoms with van der Waals surface area (Å²) >= 11 is -1.02. The van der Waals surface area contributed by atoms with Gasteiger partial charge < -0.3 is 23.8 Å². The Morgan fingerprint density at radius 2 is 1.82 bits per heavy atom. The van der Waals surface area contributed by atoms with E-state index < -0.39 is 22.9 Å². The highest BCUT2D eigenvalue weighted by molar-refractivity contribution is 7.90. The number of ether oxygens (including phenoxy) is 2. The summed E-state index contributed by atoms with van der Waals surface area (Å²) in [6, 6.07) is 8.91. The number of nitriles is 1. The highest BCUT2D eigenvalue weighted by Gasteiger charge is 2.31. The molecule has 0 bridgehead atoms. The van der Waals surface area contributed by atoms with Gasteiger partial charge in [-0.1, -0.05) is 24.0 Å². The SMILES string of the molecule is CCN(CC1CCCC1)c1ccc(OC)nc1CN(Cc1cc(C#N)cc(C(F)(F)F)c1)c1ncc(OCC[S+](C)[O-])cn1. The van der Waals surface area contributed by atoms with Crippen molar-refractivity contribution in [3.63, 3.8) is 0 Å². The lowest BCUT2D eigenvalue weighted by Gasteiger charge is -2.30. The van der Waals surface area contributed by atoms with Gasteiger partial charge >= 0.3 is 6.18 Å². The number of aromatic nitrogens is 3. The zero-order chi connectivity index (χ0) is 31.7. The quantitative estimate of drug-likeness (QED) is 0.206. The zero-order valence-corrected chi connectivity index (χ0v) is 26.0. The molecule has 0 radical (unpaired) electrons. The van der Waals surface area contributed by atoms with E-state index in [2.05, 4.69) is 21.8 Å². The van der Waals surface area contributed by atoms with Crippen molar-refractivity contribution in [2.24, 2.45) is 5.92 Å². The van der Waals surface area contributed by atoms with Crippen molar-refractivity contribution in [3.8, 4) is 17.7 Å². The van der Waals surface area contributed by atoms with Gasteiger partial charge in [-0.15, -0.1) is 0 Å². The normalized spacial score (nSPS) is 14.2. The molecule has 1 unspecified atom stereocenters. The number of nitrogens with zero attached hydrogens (tertiary/aromatic N) is 6. The van der Waals surface area contributed by atoms with E-state index in [1.54, 1.807) is 17.2 Å². The highest BCUT2D eigenvalue weighted by atomic mass is 32.2. The van der Waals surface area contributed by atoms with Gasteiger partial charge in [-0.05, 0) is 55.5 Å². The van der Waals surface area contributed by atoms with Crippen LogP contribution in [0.5, 0.6) is 11.6 Å². The Bertz CT molecular complexity index is 1410. The molecule has 0 amide bonds. The van der Waals surface area contributed by atoms with Crippen LogP contribution in [0.2, 0.25) is 0 Å². The Kier molecular flexibility index (Phi) is 11.5. The van der Waals surface area contributed by atoms with E-state index in [-0.39, 0.29) is 36.8 Å². The minimum atomic E-state index is -4.62. The fourth-order valence-corrected chi connectivity index (χ4v) is 5.65. The maximum absolute atomic E-state index is 13.7. The summed E-state index contributed by atoms with van der Waals surface area (Å²) in [6.07, 6.45) is 4.70. The molecule has 1 fully saturated rings. The van der Waals surface area contributed by atoms with Gasteiger partial charge in [0, 0.05) is 25.7 Å². The van der Waals surface area contributed by atoms with E-state index in [4.69, 9.17) is 14.5 Å². The predicted molar refractivity (Wildman–Crippen MR) is 163 cm³/mol. The Morgan fingerprint density at radius 3 is 2.43 bits per heavy atom. The first-order chi connectivity index (χ1) is 21.1. The van der Waals surface area contributed by atoms with Gasteiger partial charge in [0.15, 0.2) is 5.75 Å². The summed E-state index contributed by atoms with van der Waals surface area (Å²) < 4.78 is 63.5. The zero-order valence-electron chi connectivity index (χ0n) is 25.1. The summed E-state index contributed by atoms with van der Waals surface area (Å²) in [5, 5.41) is 9.46. The van der Waals surface area contributed by atoms with Gasteiger partial charge in [0.2, 0.25) is 11.8 Å². The van der Waals surface area contributed by atoms with Crippen LogP contribution >= 0.6 is 0 Å². The van der Waals surface area contributed by atoms with Gasteiger partial charge in [0.05, 0.1) is 60.9 Å². The minimum Gasteiger partial charge on any atom is -0.616 e. The molecule has 0 N–H and O–H groups in total. The van der Waals surface area contributed by atoms with Crippen LogP contribution in [-0.4, -0.2) is 58.3 Å². The molecule has 3 aromatic rings. The van der Waals surface area contributed by atoms with Crippen molar-refractivity contribution >= 4 is 22.8 Å². The molecule has 2 aromatic heterocycles. The average Bonchev–Trinajstić information content (AvgIpc) is 3.52. The molecular formula is C31H37F3N6O3S. The van der Waals surface area contributed by atoms with Crippen LogP contribution < -0.4 is 19.3 Å². The average molecular weight is 631 g/mol. The molecule has 1 aromatic carbocycles. The first-order valence-electron chi connectivity index (χ1n) is 14.5. The topological polar surface area (TPSA) is 110 Å². The monoisotopic (exact) mass is 630 g/mol. The van der Waals surface area contributed by atoms with Crippen LogP contribution in [0.4, 0.5) is 24.8 Å². The van der Waals surface area contributed by atoms with Crippen LogP contribution in [-0.2, 0) is 30.4 Å².